The molecule has 2 heterocycles. The van der Waals surface area contributed by atoms with Gasteiger partial charge in [-0.05, 0) is 64.4 Å². The number of halogens is 1. The van der Waals surface area contributed by atoms with E-state index in [-0.39, 0.29) is 5.75 Å². The molecule has 0 spiro atoms. The van der Waals surface area contributed by atoms with Gasteiger partial charge >= 0.3 is 0 Å². The second kappa shape index (κ2) is 6.71. The maximum atomic E-state index is 10.2. The second-order valence-corrected chi connectivity index (χ2v) is 6.88. The van der Waals surface area contributed by atoms with E-state index in [4.69, 9.17) is 16.6 Å². The van der Waals surface area contributed by atoms with Crippen molar-refractivity contribution in [3.63, 3.8) is 0 Å². The van der Waals surface area contributed by atoms with Crippen LogP contribution in [0.4, 0.5) is 0 Å². The van der Waals surface area contributed by atoms with Crippen molar-refractivity contribution in [2.75, 3.05) is 0 Å². The van der Waals surface area contributed by atoms with Crippen LogP contribution in [0, 0.1) is 0 Å². The van der Waals surface area contributed by atoms with Crippen molar-refractivity contribution in [1.29, 1.82) is 0 Å². The van der Waals surface area contributed by atoms with Gasteiger partial charge in [0.1, 0.15) is 5.75 Å². The Labute approximate surface area is 155 Å². The van der Waals surface area contributed by atoms with Gasteiger partial charge in [-0.3, -0.25) is 0 Å². The number of aromatic hydroxyl groups is 1. The molecule has 0 aliphatic rings. The molecule has 4 heteroatoms. The van der Waals surface area contributed by atoms with Crippen LogP contribution >= 0.6 is 22.9 Å². The van der Waals surface area contributed by atoms with Crippen LogP contribution in [0.15, 0.2) is 77.5 Å². The number of nitrogens with zero attached hydrogens (tertiary/aromatic N) is 1. The van der Waals surface area contributed by atoms with Crippen molar-refractivity contribution in [2.24, 2.45) is 0 Å². The number of para-hydroxylation sites is 1. The van der Waals surface area contributed by atoms with Crippen molar-refractivity contribution < 1.29 is 5.11 Å². The highest BCUT2D eigenvalue weighted by Crippen LogP contribution is 2.34. The van der Waals surface area contributed by atoms with Gasteiger partial charge in [-0.15, -0.1) is 0 Å². The number of benzene rings is 2. The summed E-state index contributed by atoms with van der Waals surface area (Å²) >= 11 is 7.80. The summed E-state index contributed by atoms with van der Waals surface area (Å²) in [6.07, 6.45) is 0. The van der Waals surface area contributed by atoms with Crippen molar-refractivity contribution >= 4 is 22.9 Å². The smallest absolute Gasteiger partial charge is 0.124 e. The van der Waals surface area contributed by atoms with E-state index in [2.05, 4.69) is 22.9 Å². The quantitative estimate of drug-likeness (QED) is 0.450. The molecule has 0 unspecified atom stereocenters. The maximum Gasteiger partial charge on any atom is 0.124 e. The minimum Gasteiger partial charge on any atom is -0.507 e. The summed E-state index contributed by atoms with van der Waals surface area (Å²) < 4.78 is 0. The molecule has 2 nitrogen and oxygen atoms in total. The van der Waals surface area contributed by atoms with Gasteiger partial charge in [0.2, 0.25) is 0 Å². The van der Waals surface area contributed by atoms with Crippen LogP contribution < -0.4 is 0 Å². The first-order valence-electron chi connectivity index (χ1n) is 7.80. The molecule has 4 rings (SSSR count). The van der Waals surface area contributed by atoms with E-state index in [1.54, 1.807) is 23.5 Å². The third kappa shape index (κ3) is 3.29. The summed E-state index contributed by atoms with van der Waals surface area (Å²) in [6.45, 7) is 0. The molecule has 0 fully saturated rings. The Bertz CT molecular complexity index is 1030. The fourth-order valence-electron chi connectivity index (χ4n) is 2.75. The van der Waals surface area contributed by atoms with E-state index in [0.717, 1.165) is 28.1 Å². The van der Waals surface area contributed by atoms with E-state index in [9.17, 15) is 5.11 Å². The van der Waals surface area contributed by atoms with E-state index in [1.807, 2.05) is 42.5 Å². The zero-order valence-corrected chi connectivity index (χ0v) is 14.8. The largest absolute Gasteiger partial charge is 0.507 e. The average Bonchev–Trinajstić information content (AvgIpc) is 3.16. The average molecular weight is 364 g/mol. The lowest BCUT2D eigenvalue weighted by Crippen LogP contribution is -1.91. The third-order valence-electron chi connectivity index (χ3n) is 3.98. The van der Waals surface area contributed by atoms with Crippen LogP contribution in [-0.2, 0) is 0 Å². The number of hydrogen-bond acceptors (Lipinski definition) is 3. The number of hydrogen-bond donors (Lipinski definition) is 1. The highest BCUT2D eigenvalue weighted by Gasteiger charge is 2.11. The molecule has 0 saturated heterocycles. The lowest BCUT2D eigenvalue weighted by Gasteiger charge is -2.10. The van der Waals surface area contributed by atoms with Crippen molar-refractivity contribution in [3.8, 4) is 39.4 Å². The van der Waals surface area contributed by atoms with Crippen LogP contribution in [0.5, 0.6) is 5.75 Å². The van der Waals surface area contributed by atoms with E-state index < -0.39 is 0 Å². The summed E-state index contributed by atoms with van der Waals surface area (Å²) in [6, 6.07) is 21.0. The number of thiophene rings is 1. The van der Waals surface area contributed by atoms with E-state index in [0.29, 0.717) is 10.6 Å². The van der Waals surface area contributed by atoms with Crippen LogP contribution in [0.2, 0.25) is 5.02 Å². The highest BCUT2D eigenvalue weighted by molar-refractivity contribution is 7.08. The minimum absolute atomic E-state index is 0.217. The van der Waals surface area contributed by atoms with Gasteiger partial charge in [0.15, 0.2) is 0 Å². The molecule has 0 saturated carbocycles. The second-order valence-electron chi connectivity index (χ2n) is 5.67. The first kappa shape index (κ1) is 15.9. The first-order valence-corrected chi connectivity index (χ1v) is 9.12. The lowest BCUT2D eigenvalue weighted by molar-refractivity contribution is 0.477. The Kier molecular flexibility index (Phi) is 4.26. The molecular formula is C21H14ClNOS. The number of phenols is 1. The molecule has 25 heavy (non-hydrogen) atoms. The van der Waals surface area contributed by atoms with Gasteiger partial charge in [-0.25, -0.2) is 4.98 Å². The van der Waals surface area contributed by atoms with Gasteiger partial charge < -0.3 is 5.11 Å². The summed E-state index contributed by atoms with van der Waals surface area (Å²) in [5, 5.41) is 15.1. The Morgan fingerprint density at radius 3 is 2.40 bits per heavy atom. The van der Waals surface area contributed by atoms with Gasteiger partial charge in [0, 0.05) is 16.1 Å². The number of phenolic OH excluding ortho intramolecular Hbond substituents is 1. The zero-order chi connectivity index (χ0) is 17.2. The summed E-state index contributed by atoms with van der Waals surface area (Å²) in [5.41, 5.74) is 5.40. The predicted octanol–water partition coefficient (Wildman–Crippen LogP) is 6.50. The molecule has 0 bridgehead atoms. The molecule has 0 aliphatic heterocycles. The fourth-order valence-corrected chi connectivity index (χ4v) is 3.61. The normalized spacial score (nSPS) is 10.8. The maximum absolute atomic E-state index is 10.2. The Balaban J connectivity index is 1.94. The number of pyridine rings is 1. The van der Waals surface area contributed by atoms with Gasteiger partial charge in [0.05, 0.1) is 11.4 Å². The van der Waals surface area contributed by atoms with Gasteiger partial charge in [-0.1, -0.05) is 35.9 Å². The van der Waals surface area contributed by atoms with E-state index in [1.165, 1.54) is 0 Å². The molecule has 0 atom stereocenters. The zero-order valence-electron chi connectivity index (χ0n) is 13.2. The summed E-state index contributed by atoms with van der Waals surface area (Å²) in [7, 11) is 0. The van der Waals surface area contributed by atoms with E-state index >= 15 is 0 Å². The SMILES string of the molecule is Oc1ccccc1-c1cc(-c2ccsc2)cc(-c2cccc(Cl)c2)n1. The summed E-state index contributed by atoms with van der Waals surface area (Å²) in [4.78, 5) is 4.77. The molecule has 4 aromatic rings. The van der Waals surface area contributed by atoms with Crippen molar-refractivity contribution in [1.82, 2.24) is 4.98 Å². The molecular weight excluding hydrogens is 350 g/mol. The van der Waals surface area contributed by atoms with Crippen LogP contribution in [0.1, 0.15) is 0 Å². The molecule has 2 aromatic carbocycles. The monoisotopic (exact) mass is 363 g/mol. The van der Waals surface area contributed by atoms with Gasteiger partial charge in [0.25, 0.3) is 0 Å². The topological polar surface area (TPSA) is 33.1 Å². The predicted molar refractivity (Wildman–Crippen MR) is 105 cm³/mol. The standard InChI is InChI=1S/C21H14ClNOS/c22-17-5-3-4-14(10-17)19-11-16(15-8-9-25-13-15)12-20(23-19)18-6-1-2-7-21(18)24/h1-13,24H. The van der Waals surface area contributed by atoms with Crippen molar-refractivity contribution in [2.45, 2.75) is 0 Å². The van der Waals surface area contributed by atoms with Crippen LogP contribution in [0.3, 0.4) is 0 Å². The van der Waals surface area contributed by atoms with Crippen LogP contribution in [0.25, 0.3) is 33.6 Å². The van der Waals surface area contributed by atoms with Crippen LogP contribution in [-0.4, -0.2) is 10.1 Å². The van der Waals surface area contributed by atoms with Crippen molar-refractivity contribution in [3.05, 3.63) is 82.5 Å². The number of aromatic nitrogens is 1. The minimum atomic E-state index is 0.217. The molecule has 1 N–H and O–H groups in total. The highest BCUT2D eigenvalue weighted by atomic mass is 35.5. The number of rotatable bonds is 3. The summed E-state index contributed by atoms with van der Waals surface area (Å²) in [5.74, 6) is 0.217. The fraction of sp³-hybridized carbons (Fsp3) is 0. The molecule has 0 amide bonds. The third-order valence-corrected chi connectivity index (χ3v) is 4.90. The van der Waals surface area contributed by atoms with Gasteiger partial charge in [-0.2, -0.15) is 11.3 Å². The lowest BCUT2D eigenvalue weighted by atomic mass is 10.0. The molecule has 2 aromatic heterocycles. The molecule has 0 radical (unpaired) electrons. The Hall–Kier alpha value is -2.62. The Morgan fingerprint density at radius 2 is 1.64 bits per heavy atom. The molecule has 122 valence electrons. The first-order chi connectivity index (χ1) is 12.2. The Morgan fingerprint density at radius 1 is 0.800 bits per heavy atom. The molecule has 0 aliphatic carbocycles.